The first kappa shape index (κ1) is 15.2. The van der Waals surface area contributed by atoms with Gasteiger partial charge < -0.3 is 16.0 Å². The van der Waals surface area contributed by atoms with Crippen LogP contribution in [0.1, 0.15) is 12.5 Å². The van der Waals surface area contributed by atoms with Crippen LogP contribution in [0.4, 0.5) is 0 Å². The van der Waals surface area contributed by atoms with Crippen LogP contribution < -0.4 is 11.1 Å². The number of hydrogen-bond acceptors (Lipinski definition) is 3. The molecule has 0 aliphatic rings. The predicted octanol–water partition coefficient (Wildman–Crippen LogP) is 0.151. The van der Waals surface area contributed by atoms with E-state index in [0.717, 1.165) is 5.56 Å². The summed E-state index contributed by atoms with van der Waals surface area (Å²) in [5, 5.41) is 2.50. The van der Waals surface area contributed by atoms with Crippen molar-refractivity contribution < 1.29 is 9.59 Å². The molecule has 1 aromatic rings. The Morgan fingerprint density at radius 3 is 2.47 bits per heavy atom. The quantitative estimate of drug-likeness (QED) is 0.767. The topological polar surface area (TPSA) is 75.4 Å². The normalized spacial score (nSPS) is 11.7. The molecule has 1 rings (SSSR count). The van der Waals surface area contributed by atoms with Gasteiger partial charge in [0.2, 0.25) is 11.8 Å². The zero-order valence-electron chi connectivity index (χ0n) is 11.4. The molecule has 0 fully saturated rings. The van der Waals surface area contributed by atoms with E-state index in [0.29, 0.717) is 13.0 Å². The van der Waals surface area contributed by atoms with E-state index in [1.54, 1.807) is 7.05 Å². The largest absolute Gasteiger partial charge is 0.358 e. The number of hydrogen-bond donors (Lipinski definition) is 2. The molecule has 0 radical (unpaired) electrons. The van der Waals surface area contributed by atoms with Gasteiger partial charge in [-0.2, -0.15) is 0 Å². The molecule has 1 atom stereocenters. The van der Waals surface area contributed by atoms with Gasteiger partial charge in [-0.1, -0.05) is 30.3 Å². The van der Waals surface area contributed by atoms with Gasteiger partial charge in [-0.15, -0.1) is 0 Å². The number of nitrogens with zero attached hydrogens (tertiary/aromatic N) is 1. The highest BCUT2D eigenvalue weighted by atomic mass is 16.2. The molecule has 19 heavy (non-hydrogen) atoms. The van der Waals surface area contributed by atoms with Crippen LogP contribution in [0.15, 0.2) is 30.3 Å². The lowest BCUT2D eigenvalue weighted by atomic mass is 10.1. The Kier molecular flexibility index (Phi) is 6.02. The van der Waals surface area contributed by atoms with E-state index in [1.165, 1.54) is 4.90 Å². The van der Waals surface area contributed by atoms with Gasteiger partial charge >= 0.3 is 0 Å². The van der Waals surface area contributed by atoms with E-state index >= 15 is 0 Å². The fourth-order valence-corrected chi connectivity index (χ4v) is 1.79. The summed E-state index contributed by atoms with van der Waals surface area (Å²) in [6.45, 7) is 2.35. The van der Waals surface area contributed by atoms with Gasteiger partial charge in [0.1, 0.15) is 0 Å². The van der Waals surface area contributed by atoms with Gasteiger partial charge in [-0.25, -0.2) is 0 Å². The summed E-state index contributed by atoms with van der Waals surface area (Å²) in [7, 11) is 1.55. The molecule has 1 aromatic carbocycles. The molecule has 3 N–H and O–H groups in total. The fraction of sp³-hybridized carbons (Fsp3) is 0.429. The summed E-state index contributed by atoms with van der Waals surface area (Å²) < 4.78 is 0. The first-order valence-electron chi connectivity index (χ1n) is 6.37. The average molecular weight is 263 g/mol. The SMILES string of the molecule is CCN(CC(=O)NC)C(=O)C(N)Cc1ccccc1. The number of nitrogens with one attached hydrogen (secondary N) is 1. The molecule has 0 saturated carbocycles. The standard InChI is InChI=1S/C14H21N3O2/c1-3-17(10-13(18)16-2)14(19)12(15)9-11-7-5-4-6-8-11/h4-8,12H,3,9-10,15H2,1-2H3,(H,16,18). The van der Waals surface area contributed by atoms with Crippen molar-refractivity contribution in [1.82, 2.24) is 10.2 Å². The summed E-state index contributed by atoms with van der Waals surface area (Å²) in [6, 6.07) is 8.99. The lowest BCUT2D eigenvalue weighted by molar-refractivity contribution is -0.136. The zero-order chi connectivity index (χ0) is 14.3. The Balaban J connectivity index is 2.61. The first-order valence-corrected chi connectivity index (χ1v) is 6.37. The molecule has 0 heterocycles. The molecule has 1 unspecified atom stereocenters. The average Bonchev–Trinajstić information content (AvgIpc) is 2.44. The highest BCUT2D eigenvalue weighted by molar-refractivity contribution is 5.87. The molecule has 0 aromatic heterocycles. The number of amides is 2. The van der Waals surface area contributed by atoms with Crippen molar-refractivity contribution in [3.05, 3.63) is 35.9 Å². The van der Waals surface area contributed by atoms with E-state index in [1.807, 2.05) is 37.3 Å². The second-order valence-corrected chi connectivity index (χ2v) is 4.32. The highest BCUT2D eigenvalue weighted by Gasteiger charge is 2.21. The Labute approximate surface area is 113 Å². The third-order valence-electron chi connectivity index (χ3n) is 2.92. The van der Waals surface area contributed by atoms with Crippen LogP contribution in [-0.2, 0) is 16.0 Å². The number of rotatable bonds is 6. The minimum atomic E-state index is -0.619. The molecule has 0 aliphatic heterocycles. The first-order chi connectivity index (χ1) is 9.08. The van der Waals surface area contributed by atoms with E-state index in [9.17, 15) is 9.59 Å². The van der Waals surface area contributed by atoms with Gasteiger partial charge in [0, 0.05) is 13.6 Å². The molecule has 0 spiro atoms. The summed E-state index contributed by atoms with van der Waals surface area (Å²) in [4.78, 5) is 24.9. The van der Waals surface area contributed by atoms with Crippen molar-refractivity contribution in [3.8, 4) is 0 Å². The summed E-state index contributed by atoms with van der Waals surface area (Å²) >= 11 is 0. The molecular formula is C14H21N3O2. The van der Waals surface area contributed by atoms with Crippen LogP contribution in [0.2, 0.25) is 0 Å². The van der Waals surface area contributed by atoms with Crippen molar-refractivity contribution in [3.63, 3.8) is 0 Å². The smallest absolute Gasteiger partial charge is 0.240 e. The van der Waals surface area contributed by atoms with E-state index in [4.69, 9.17) is 5.73 Å². The number of carbonyl (C=O) groups excluding carboxylic acids is 2. The van der Waals surface area contributed by atoms with E-state index < -0.39 is 6.04 Å². The van der Waals surface area contributed by atoms with Crippen LogP contribution in [-0.4, -0.2) is 42.9 Å². The molecule has 0 aliphatic carbocycles. The van der Waals surface area contributed by atoms with Crippen LogP contribution in [0.25, 0.3) is 0 Å². The summed E-state index contributed by atoms with van der Waals surface area (Å²) in [5.41, 5.74) is 6.93. The Morgan fingerprint density at radius 2 is 1.95 bits per heavy atom. The third kappa shape index (κ3) is 4.71. The minimum Gasteiger partial charge on any atom is -0.358 e. The van der Waals surface area contributed by atoms with Gasteiger partial charge in [0.15, 0.2) is 0 Å². The molecule has 104 valence electrons. The summed E-state index contributed by atoms with van der Waals surface area (Å²) in [6.07, 6.45) is 0.476. The molecule has 5 heteroatoms. The Hall–Kier alpha value is -1.88. The number of nitrogens with two attached hydrogens (primary N) is 1. The number of likely N-dealkylation sites (N-methyl/N-ethyl adjacent to an activating group) is 2. The molecule has 0 bridgehead atoms. The van der Waals surface area contributed by atoms with E-state index in [-0.39, 0.29) is 18.4 Å². The fourth-order valence-electron chi connectivity index (χ4n) is 1.79. The maximum absolute atomic E-state index is 12.2. The lowest BCUT2D eigenvalue weighted by Gasteiger charge is -2.23. The van der Waals surface area contributed by atoms with Crippen LogP contribution in [0.3, 0.4) is 0 Å². The van der Waals surface area contributed by atoms with Crippen molar-refractivity contribution in [2.45, 2.75) is 19.4 Å². The zero-order valence-corrected chi connectivity index (χ0v) is 11.4. The van der Waals surface area contributed by atoms with Gasteiger partial charge in [-0.3, -0.25) is 9.59 Å². The Morgan fingerprint density at radius 1 is 1.32 bits per heavy atom. The lowest BCUT2D eigenvalue weighted by Crippen LogP contribution is -2.48. The number of carbonyl (C=O) groups is 2. The highest BCUT2D eigenvalue weighted by Crippen LogP contribution is 2.04. The molecular weight excluding hydrogens is 242 g/mol. The van der Waals surface area contributed by atoms with Gasteiger partial charge in [-0.05, 0) is 18.9 Å². The van der Waals surface area contributed by atoms with Crippen molar-refractivity contribution in [1.29, 1.82) is 0 Å². The maximum atomic E-state index is 12.2. The van der Waals surface area contributed by atoms with Crippen LogP contribution in [0, 0.1) is 0 Å². The number of benzene rings is 1. The monoisotopic (exact) mass is 263 g/mol. The van der Waals surface area contributed by atoms with E-state index in [2.05, 4.69) is 5.32 Å². The second kappa shape index (κ2) is 7.53. The molecule has 0 saturated heterocycles. The summed E-state index contributed by atoms with van der Waals surface area (Å²) in [5.74, 6) is -0.392. The van der Waals surface area contributed by atoms with Crippen molar-refractivity contribution in [2.75, 3.05) is 20.1 Å². The molecule has 5 nitrogen and oxygen atoms in total. The maximum Gasteiger partial charge on any atom is 0.240 e. The second-order valence-electron chi connectivity index (χ2n) is 4.32. The minimum absolute atomic E-state index is 0.0499. The predicted molar refractivity (Wildman–Crippen MR) is 74.4 cm³/mol. The van der Waals surface area contributed by atoms with Crippen molar-refractivity contribution >= 4 is 11.8 Å². The third-order valence-corrected chi connectivity index (χ3v) is 2.92. The van der Waals surface area contributed by atoms with Gasteiger partial charge in [0.25, 0.3) is 0 Å². The van der Waals surface area contributed by atoms with Crippen LogP contribution in [0.5, 0.6) is 0 Å². The van der Waals surface area contributed by atoms with Crippen LogP contribution >= 0.6 is 0 Å². The Bertz CT molecular complexity index is 420. The van der Waals surface area contributed by atoms with Crippen molar-refractivity contribution in [2.24, 2.45) is 5.73 Å². The molecule has 2 amide bonds. The van der Waals surface area contributed by atoms with Gasteiger partial charge in [0.05, 0.1) is 12.6 Å².